The number of anilines is 4. The van der Waals surface area contributed by atoms with E-state index in [1.165, 1.54) is 0 Å². The summed E-state index contributed by atoms with van der Waals surface area (Å²) in [5.41, 5.74) is 15.7. The molecular formula is C22H18Cl2N6S2. The number of nitrogens with two attached hydrogens (primary N) is 2. The molecule has 0 unspecified atom stereocenters. The van der Waals surface area contributed by atoms with Crippen molar-refractivity contribution in [2.45, 2.75) is 0 Å². The monoisotopic (exact) mass is 500 g/mol. The molecule has 0 spiro atoms. The molecule has 0 radical (unpaired) electrons. The van der Waals surface area contributed by atoms with Gasteiger partial charge in [0.1, 0.15) is 0 Å². The van der Waals surface area contributed by atoms with E-state index < -0.39 is 0 Å². The molecule has 0 fully saturated rings. The van der Waals surface area contributed by atoms with Gasteiger partial charge in [-0.1, -0.05) is 35.3 Å². The van der Waals surface area contributed by atoms with Crippen LogP contribution in [0.2, 0.25) is 10.0 Å². The minimum absolute atomic E-state index is 0.307. The van der Waals surface area contributed by atoms with E-state index in [0.717, 1.165) is 22.5 Å². The van der Waals surface area contributed by atoms with Crippen LogP contribution in [0.3, 0.4) is 0 Å². The van der Waals surface area contributed by atoms with Crippen molar-refractivity contribution in [3.8, 4) is 0 Å². The number of benzene rings is 3. The maximum Gasteiger partial charge on any atom is 0.197 e. The number of nitrogen functional groups attached to an aromatic ring is 2. The van der Waals surface area contributed by atoms with Gasteiger partial charge in [0.05, 0.1) is 21.4 Å². The van der Waals surface area contributed by atoms with Crippen molar-refractivity contribution in [3.63, 3.8) is 0 Å². The smallest absolute Gasteiger partial charge is 0.197 e. The fourth-order valence-electron chi connectivity index (χ4n) is 2.50. The van der Waals surface area contributed by atoms with Gasteiger partial charge in [-0.2, -0.15) is 0 Å². The van der Waals surface area contributed by atoms with Crippen LogP contribution in [0.4, 0.5) is 22.7 Å². The summed E-state index contributed by atoms with van der Waals surface area (Å²) in [4.78, 5) is 8.44. The molecule has 6 N–H and O–H groups in total. The highest BCUT2D eigenvalue weighted by Gasteiger charge is 2.01. The first kappa shape index (κ1) is 23.6. The molecule has 3 aromatic rings. The van der Waals surface area contributed by atoms with Crippen molar-refractivity contribution < 1.29 is 0 Å². The fraction of sp³-hybridized carbons (Fsp3) is 0. The summed E-state index contributed by atoms with van der Waals surface area (Å²) >= 11 is 22.3. The highest BCUT2D eigenvalue weighted by molar-refractivity contribution is 7.80. The maximum absolute atomic E-state index is 5.91. The van der Waals surface area contributed by atoms with Crippen LogP contribution < -0.4 is 22.1 Å². The van der Waals surface area contributed by atoms with Crippen molar-refractivity contribution in [1.29, 1.82) is 0 Å². The third-order valence-corrected chi connectivity index (χ3v) is 5.19. The second kappa shape index (κ2) is 11.0. The lowest BCUT2D eigenvalue weighted by atomic mass is 10.2. The van der Waals surface area contributed by atoms with E-state index in [4.69, 9.17) is 59.1 Å². The van der Waals surface area contributed by atoms with Crippen molar-refractivity contribution in [2.24, 2.45) is 9.98 Å². The molecule has 0 heterocycles. The number of thiocarbonyl (C=S) groups is 2. The van der Waals surface area contributed by atoms with Crippen LogP contribution in [0.5, 0.6) is 0 Å². The average molecular weight is 501 g/mol. The number of nitrogens with zero attached hydrogens (tertiary/aromatic N) is 2. The maximum atomic E-state index is 5.91. The van der Waals surface area contributed by atoms with Gasteiger partial charge in [0.15, 0.2) is 10.2 Å². The number of rotatable bonds is 4. The Morgan fingerprint density at radius 3 is 1.41 bits per heavy atom. The first-order chi connectivity index (χ1) is 15.3. The second-order valence-corrected chi connectivity index (χ2v) is 8.10. The number of nitrogens with one attached hydrogen (secondary N) is 2. The van der Waals surface area contributed by atoms with Crippen LogP contribution in [0.1, 0.15) is 11.1 Å². The summed E-state index contributed by atoms with van der Waals surface area (Å²) in [6, 6.07) is 17.8. The van der Waals surface area contributed by atoms with E-state index in [-0.39, 0.29) is 0 Å². The SMILES string of the molecule is Nc1cc(/C=N/C(=S)Nc2ccc(NC(=S)/N=C/c3ccc(Cl)c(N)c3)cc2)ccc1Cl. The molecule has 0 aliphatic rings. The Labute approximate surface area is 206 Å². The van der Waals surface area contributed by atoms with Crippen LogP contribution >= 0.6 is 47.6 Å². The highest BCUT2D eigenvalue weighted by Crippen LogP contribution is 2.20. The third kappa shape index (κ3) is 7.00. The van der Waals surface area contributed by atoms with E-state index in [0.29, 0.717) is 31.6 Å². The van der Waals surface area contributed by atoms with Gasteiger partial charge in [-0.05, 0) is 84.1 Å². The van der Waals surface area contributed by atoms with Crippen LogP contribution in [-0.2, 0) is 0 Å². The molecule has 3 aromatic carbocycles. The Morgan fingerprint density at radius 2 is 1.06 bits per heavy atom. The number of aliphatic imine (C=N–C) groups is 2. The zero-order valence-corrected chi connectivity index (χ0v) is 19.7. The van der Waals surface area contributed by atoms with Gasteiger partial charge < -0.3 is 22.1 Å². The summed E-state index contributed by atoms with van der Waals surface area (Å²) in [6.45, 7) is 0. The van der Waals surface area contributed by atoms with Gasteiger partial charge in [-0.15, -0.1) is 0 Å². The first-order valence-corrected chi connectivity index (χ1v) is 10.8. The van der Waals surface area contributed by atoms with E-state index in [9.17, 15) is 0 Å². The number of halogens is 2. The normalized spacial score (nSPS) is 11.1. The van der Waals surface area contributed by atoms with E-state index in [1.807, 2.05) is 24.3 Å². The molecule has 32 heavy (non-hydrogen) atoms. The van der Waals surface area contributed by atoms with Crippen LogP contribution in [0, 0.1) is 0 Å². The molecular weight excluding hydrogens is 483 g/mol. The Morgan fingerprint density at radius 1 is 0.688 bits per heavy atom. The lowest BCUT2D eigenvalue weighted by Gasteiger charge is -2.07. The summed E-state index contributed by atoms with van der Waals surface area (Å²) in [7, 11) is 0. The molecule has 0 aliphatic heterocycles. The Balaban J connectivity index is 1.53. The van der Waals surface area contributed by atoms with Crippen LogP contribution in [0.15, 0.2) is 70.6 Å². The molecule has 10 heteroatoms. The van der Waals surface area contributed by atoms with Crippen molar-refractivity contribution >= 4 is 93.0 Å². The van der Waals surface area contributed by atoms with E-state index in [2.05, 4.69) is 20.6 Å². The van der Waals surface area contributed by atoms with Gasteiger partial charge in [-0.3, -0.25) is 0 Å². The average Bonchev–Trinajstić information content (AvgIpc) is 2.77. The molecule has 0 amide bonds. The molecule has 0 atom stereocenters. The number of hydrogen-bond acceptors (Lipinski definition) is 4. The largest absolute Gasteiger partial charge is 0.398 e. The summed E-state index contributed by atoms with van der Waals surface area (Å²) in [6.07, 6.45) is 3.23. The van der Waals surface area contributed by atoms with E-state index >= 15 is 0 Å². The molecule has 0 aliphatic carbocycles. The molecule has 0 aromatic heterocycles. The first-order valence-electron chi connectivity index (χ1n) is 9.20. The molecule has 162 valence electrons. The lowest BCUT2D eigenvalue weighted by Crippen LogP contribution is -2.08. The standard InChI is InChI=1S/C22H18Cl2N6S2/c23-17-7-1-13(9-19(17)25)11-27-21(31)29-15-3-5-16(6-4-15)30-22(32)28-12-14-2-8-18(24)20(26)10-14/h1-12H,25-26H2,(H,29,31)(H,30,32)/b27-11+,28-12+. The second-order valence-electron chi connectivity index (χ2n) is 6.52. The lowest BCUT2D eigenvalue weighted by molar-refractivity contribution is 1.56. The van der Waals surface area contributed by atoms with Crippen molar-refractivity contribution in [2.75, 3.05) is 22.1 Å². The molecule has 0 bridgehead atoms. The van der Waals surface area contributed by atoms with Gasteiger partial charge in [0, 0.05) is 23.8 Å². The molecule has 0 saturated heterocycles. The summed E-state index contributed by atoms with van der Waals surface area (Å²) in [5, 5.41) is 7.68. The topological polar surface area (TPSA) is 101 Å². The van der Waals surface area contributed by atoms with Gasteiger partial charge in [0.2, 0.25) is 0 Å². The van der Waals surface area contributed by atoms with Crippen molar-refractivity contribution in [1.82, 2.24) is 0 Å². The fourth-order valence-corrected chi connectivity index (χ4v) is 3.08. The molecule has 6 nitrogen and oxygen atoms in total. The van der Waals surface area contributed by atoms with Crippen molar-refractivity contribution in [3.05, 3.63) is 81.8 Å². The van der Waals surface area contributed by atoms with Gasteiger partial charge in [-0.25, -0.2) is 9.98 Å². The highest BCUT2D eigenvalue weighted by atomic mass is 35.5. The zero-order valence-electron chi connectivity index (χ0n) is 16.5. The Hall–Kier alpha value is -3.04. The minimum atomic E-state index is 0.307. The van der Waals surface area contributed by atoms with Gasteiger partial charge in [0.25, 0.3) is 0 Å². The third-order valence-electron chi connectivity index (χ3n) is 4.09. The number of hydrogen-bond donors (Lipinski definition) is 4. The van der Waals surface area contributed by atoms with Crippen LogP contribution in [-0.4, -0.2) is 22.7 Å². The Bertz CT molecular complexity index is 1120. The minimum Gasteiger partial charge on any atom is -0.398 e. The quantitative estimate of drug-likeness (QED) is 0.205. The Kier molecular flexibility index (Phi) is 8.13. The molecule has 0 saturated carbocycles. The predicted octanol–water partition coefficient (Wildman–Crippen LogP) is 5.79. The summed E-state index contributed by atoms with van der Waals surface area (Å²) < 4.78 is 0. The molecule has 3 rings (SSSR count). The van der Waals surface area contributed by atoms with Gasteiger partial charge >= 0.3 is 0 Å². The summed E-state index contributed by atoms with van der Waals surface area (Å²) in [5.74, 6) is 0. The predicted molar refractivity (Wildman–Crippen MR) is 146 cm³/mol. The zero-order chi connectivity index (χ0) is 23.1. The van der Waals surface area contributed by atoms with E-state index in [1.54, 1.807) is 48.8 Å². The van der Waals surface area contributed by atoms with Crippen LogP contribution in [0.25, 0.3) is 0 Å².